The molecule has 2 fully saturated rings. The fraction of sp³-hybridized carbons (Fsp3) is 0.455. The highest BCUT2D eigenvalue weighted by atomic mass is 16.2. The van der Waals surface area contributed by atoms with Gasteiger partial charge < -0.3 is 15.1 Å². The molecule has 2 amide bonds. The second-order valence-corrected chi connectivity index (χ2v) is 7.58. The van der Waals surface area contributed by atoms with Crippen molar-refractivity contribution in [1.29, 1.82) is 0 Å². The monoisotopic (exact) mass is 365 g/mol. The smallest absolute Gasteiger partial charge is 0.236 e. The van der Waals surface area contributed by atoms with Crippen molar-refractivity contribution in [1.82, 2.24) is 15.1 Å². The van der Waals surface area contributed by atoms with E-state index in [2.05, 4.69) is 35.6 Å². The predicted octanol–water partition coefficient (Wildman–Crippen LogP) is 2.20. The maximum Gasteiger partial charge on any atom is 0.236 e. The van der Waals surface area contributed by atoms with Crippen LogP contribution >= 0.6 is 0 Å². The molecule has 2 aliphatic heterocycles. The lowest BCUT2D eigenvalue weighted by molar-refractivity contribution is -0.140. The average Bonchev–Trinajstić information content (AvgIpc) is 2.72. The Labute approximate surface area is 160 Å². The number of likely N-dealkylation sites (tertiary alicyclic amines) is 1. The van der Waals surface area contributed by atoms with Crippen molar-refractivity contribution in [3.05, 3.63) is 48.0 Å². The van der Waals surface area contributed by atoms with E-state index in [0.717, 1.165) is 38.9 Å². The van der Waals surface area contributed by atoms with Gasteiger partial charge in [-0.25, -0.2) is 0 Å². The molecule has 5 nitrogen and oxygen atoms in total. The molecular formula is C22H27N3O2. The summed E-state index contributed by atoms with van der Waals surface area (Å²) in [5, 5.41) is 5.57. The molecule has 0 aromatic heterocycles. The van der Waals surface area contributed by atoms with Crippen molar-refractivity contribution in [2.75, 3.05) is 32.7 Å². The van der Waals surface area contributed by atoms with Gasteiger partial charge in [-0.3, -0.25) is 9.59 Å². The number of fused-ring (bicyclic) bond motifs is 1. The number of benzene rings is 2. The Hall–Kier alpha value is -2.40. The summed E-state index contributed by atoms with van der Waals surface area (Å²) in [6.45, 7) is 3.52. The molecular weight excluding hydrogens is 338 g/mol. The molecule has 2 aromatic carbocycles. The van der Waals surface area contributed by atoms with Gasteiger partial charge in [0, 0.05) is 38.6 Å². The Bertz CT molecular complexity index is 835. The van der Waals surface area contributed by atoms with E-state index in [-0.39, 0.29) is 17.9 Å². The quantitative estimate of drug-likeness (QED) is 0.904. The van der Waals surface area contributed by atoms with E-state index < -0.39 is 0 Å². The summed E-state index contributed by atoms with van der Waals surface area (Å²) >= 11 is 0. The molecule has 0 bridgehead atoms. The van der Waals surface area contributed by atoms with Crippen LogP contribution in [0.4, 0.5) is 0 Å². The first kappa shape index (κ1) is 18.0. The first-order valence-corrected chi connectivity index (χ1v) is 9.96. The molecule has 2 saturated heterocycles. The lowest BCUT2D eigenvalue weighted by Gasteiger charge is -2.41. The van der Waals surface area contributed by atoms with E-state index >= 15 is 0 Å². The first-order chi connectivity index (χ1) is 13.2. The summed E-state index contributed by atoms with van der Waals surface area (Å²) in [6, 6.07) is 14.9. The highest BCUT2D eigenvalue weighted by molar-refractivity contribution is 5.83. The second kappa shape index (κ2) is 8.09. The maximum atomic E-state index is 12.8. The lowest BCUT2D eigenvalue weighted by Crippen LogP contribution is -2.57. The average molecular weight is 365 g/mol. The molecule has 142 valence electrons. The molecule has 2 aliphatic rings. The molecule has 27 heavy (non-hydrogen) atoms. The van der Waals surface area contributed by atoms with Crippen molar-refractivity contribution < 1.29 is 9.59 Å². The number of amides is 2. The zero-order valence-corrected chi connectivity index (χ0v) is 15.7. The largest absolute Gasteiger partial charge is 0.341 e. The van der Waals surface area contributed by atoms with Crippen LogP contribution in [0.2, 0.25) is 0 Å². The molecule has 2 heterocycles. The predicted molar refractivity (Wildman–Crippen MR) is 106 cm³/mol. The molecule has 0 aliphatic carbocycles. The van der Waals surface area contributed by atoms with Crippen LogP contribution in [-0.2, 0) is 16.0 Å². The molecule has 1 atom stereocenters. The van der Waals surface area contributed by atoms with Crippen LogP contribution < -0.4 is 5.32 Å². The molecule has 0 radical (unpaired) electrons. The van der Waals surface area contributed by atoms with Crippen LogP contribution in [0.3, 0.4) is 0 Å². The van der Waals surface area contributed by atoms with Crippen LogP contribution in [-0.4, -0.2) is 60.4 Å². The van der Waals surface area contributed by atoms with E-state index in [1.165, 1.54) is 16.3 Å². The van der Waals surface area contributed by atoms with Crippen LogP contribution in [0.25, 0.3) is 10.8 Å². The van der Waals surface area contributed by atoms with Crippen molar-refractivity contribution in [2.24, 2.45) is 0 Å². The number of hydrogen-bond donors (Lipinski definition) is 1. The third-order valence-electron chi connectivity index (χ3n) is 5.76. The summed E-state index contributed by atoms with van der Waals surface area (Å²) in [6.07, 6.45) is 3.27. The lowest BCUT2D eigenvalue weighted by atomic mass is 10.0. The molecule has 5 heteroatoms. The summed E-state index contributed by atoms with van der Waals surface area (Å²) < 4.78 is 0. The molecule has 0 saturated carbocycles. The topological polar surface area (TPSA) is 52.7 Å². The van der Waals surface area contributed by atoms with Crippen molar-refractivity contribution >= 4 is 22.6 Å². The number of piperidine rings is 1. The van der Waals surface area contributed by atoms with Gasteiger partial charge in [0.15, 0.2) is 0 Å². The van der Waals surface area contributed by atoms with Gasteiger partial charge in [-0.05, 0) is 35.6 Å². The molecule has 4 rings (SSSR count). The van der Waals surface area contributed by atoms with Gasteiger partial charge >= 0.3 is 0 Å². The number of piperazine rings is 1. The standard InChI is InChI=1S/C22H27N3O2/c26-21(10-8-17-7-9-18-4-1-2-5-19(18)14-17)24-12-3-6-20(16-24)25-13-11-23-15-22(25)27/h1-2,4-5,7,9,14,20,23H,3,6,8,10-13,15-16H2. The summed E-state index contributed by atoms with van der Waals surface area (Å²) in [5.74, 6) is 0.368. The van der Waals surface area contributed by atoms with E-state index in [9.17, 15) is 9.59 Å². The number of carbonyl (C=O) groups excluding carboxylic acids is 2. The fourth-order valence-electron chi connectivity index (χ4n) is 4.25. The Balaban J connectivity index is 1.35. The van der Waals surface area contributed by atoms with Crippen LogP contribution in [0.15, 0.2) is 42.5 Å². The molecule has 1 unspecified atom stereocenters. The number of nitrogens with one attached hydrogen (secondary N) is 1. The molecule has 1 N–H and O–H groups in total. The van der Waals surface area contributed by atoms with Crippen LogP contribution in [0.1, 0.15) is 24.8 Å². The van der Waals surface area contributed by atoms with E-state index in [4.69, 9.17) is 0 Å². The zero-order valence-electron chi connectivity index (χ0n) is 15.7. The summed E-state index contributed by atoms with van der Waals surface area (Å²) in [5.41, 5.74) is 1.20. The number of carbonyl (C=O) groups is 2. The zero-order chi connectivity index (χ0) is 18.6. The van der Waals surface area contributed by atoms with Gasteiger partial charge in [0.1, 0.15) is 0 Å². The maximum absolute atomic E-state index is 12.8. The van der Waals surface area contributed by atoms with E-state index in [0.29, 0.717) is 19.5 Å². The Morgan fingerprint density at radius 2 is 1.96 bits per heavy atom. The minimum absolute atomic E-state index is 0.164. The summed E-state index contributed by atoms with van der Waals surface area (Å²) in [4.78, 5) is 28.8. The minimum atomic E-state index is 0.164. The van der Waals surface area contributed by atoms with E-state index in [1.54, 1.807) is 0 Å². The Morgan fingerprint density at radius 3 is 2.81 bits per heavy atom. The normalized spacial score (nSPS) is 20.9. The third kappa shape index (κ3) is 4.14. The van der Waals surface area contributed by atoms with Crippen molar-refractivity contribution in [3.63, 3.8) is 0 Å². The van der Waals surface area contributed by atoms with Crippen LogP contribution in [0, 0.1) is 0 Å². The number of rotatable bonds is 4. The number of nitrogens with zero attached hydrogens (tertiary/aromatic N) is 2. The van der Waals surface area contributed by atoms with Gasteiger partial charge in [-0.2, -0.15) is 0 Å². The Kier molecular flexibility index (Phi) is 5.39. The SMILES string of the molecule is O=C(CCc1ccc2ccccc2c1)N1CCCC(N2CCNCC2=O)C1. The molecule has 0 spiro atoms. The summed E-state index contributed by atoms with van der Waals surface area (Å²) in [7, 11) is 0. The Morgan fingerprint density at radius 1 is 1.11 bits per heavy atom. The van der Waals surface area contributed by atoms with Gasteiger partial charge in [-0.15, -0.1) is 0 Å². The van der Waals surface area contributed by atoms with Gasteiger partial charge in [-0.1, -0.05) is 42.5 Å². The van der Waals surface area contributed by atoms with Gasteiger partial charge in [0.05, 0.1) is 6.54 Å². The van der Waals surface area contributed by atoms with Crippen LogP contribution in [0.5, 0.6) is 0 Å². The number of aryl methyl sites for hydroxylation is 1. The third-order valence-corrected chi connectivity index (χ3v) is 5.76. The van der Waals surface area contributed by atoms with Crippen molar-refractivity contribution in [2.45, 2.75) is 31.7 Å². The highest BCUT2D eigenvalue weighted by Gasteiger charge is 2.31. The first-order valence-electron chi connectivity index (χ1n) is 9.96. The van der Waals surface area contributed by atoms with Crippen molar-refractivity contribution in [3.8, 4) is 0 Å². The second-order valence-electron chi connectivity index (χ2n) is 7.58. The fourth-order valence-corrected chi connectivity index (χ4v) is 4.25. The van der Waals surface area contributed by atoms with Gasteiger partial charge in [0.25, 0.3) is 0 Å². The number of hydrogen-bond acceptors (Lipinski definition) is 3. The van der Waals surface area contributed by atoms with Gasteiger partial charge in [0.2, 0.25) is 11.8 Å². The molecule has 2 aromatic rings. The highest BCUT2D eigenvalue weighted by Crippen LogP contribution is 2.20. The minimum Gasteiger partial charge on any atom is -0.341 e. The van der Waals surface area contributed by atoms with E-state index in [1.807, 2.05) is 21.9 Å².